The van der Waals surface area contributed by atoms with Crippen molar-refractivity contribution in [2.45, 2.75) is 70.1 Å². The first-order valence-corrected chi connectivity index (χ1v) is 12.6. The molecular weight excluding hydrogens is 457 g/mol. The van der Waals surface area contributed by atoms with Crippen LogP contribution in [0.2, 0.25) is 10.0 Å². The molecule has 3 aliphatic rings. The molecule has 1 heterocycles. The molecule has 6 heteroatoms. The summed E-state index contributed by atoms with van der Waals surface area (Å²) < 4.78 is 0. The highest BCUT2D eigenvalue weighted by molar-refractivity contribution is 6.30. The van der Waals surface area contributed by atoms with E-state index < -0.39 is 11.5 Å². The zero-order valence-electron chi connectivity index (χ0n) is 18.9. The Bertz CT molecular complexity index is 967. The van der Waals surface area contributed by atoms with E-state index in [0.717, 1.165) is 42.7 Å². The van der Waals surface area contributed by atoms with E-state index in [-0.39, 0.29) is 23.8 Å². The van der Waals surface area contributed by atoms with Gasteiger partial charge in [0.25, 0.3) is 0 Å². The SMILES string of the molecule is CCC(C(O)C1CC1)N1C(=O)C2(CCC1c1ccc(Cl)cc1)CC(=O)C2.Clc1ccccc1. The number of likely N-dealkylation sites (tertiary alicyclic amines) is 1. The number of aliphatic hydroxyl groups is 1. The van der Waals surface area contributed by atoms with Crippen LogP contribution in [0.1, 0.15) is 63.5 Å². The van der Waals surface area contributed by atoms with Gasteiger partial charge in [0.1, 0.15) is 5.78 Å². The average Bonchev–Trinajstić information content (AvgIpc) is 3.63. The second kappa shape index (κ2) is 10.2. The highest BCUT2D eigenvalue weighted by atomic mass is 35.5. The topological polar surface area (TPSA) is 57.6 Å². The third kappa shape index (κ3) is 5.29. The fourth-order valence-electron chi connectivity index (χ4n) is 5.27. The molecule has 3 unspecified atom stereocenters. The van der Waals surface area contributed by atoms with Crippen LogP contribution in [-0.2, 0) is 9.59 Å². The van der Waals surface area contributed by atoms with Crippen molar-refractivity contribution in [1.82, 2.24) is 4.90 Å². The minimum absolute atomic E-state index is 0.0561. The second-order valence-corrected chi connectivity index (χ2v) is 10.5. The van der Waals surface area contributed by atoms with Gasteiger partial charge in [0.05, 0.1) is 23.6 Å². The summed E-state index contributed by atoms with van der Waals surface area (Å²) in [5.74, 6) is 0.549. The maximum atomic E-state index is 13.5. The molecule has 1 aliphatic heterocycles. The fourth-order valence-corrected chi connectivity index (χ4v) is 5.54. The zero-order chi connectivity index (χ0) is 23.6. The van der Waals surface area contributed by atoms with Crippen molar-refractivity contribution in [2.75, 3.05) is 0 Å². The van der Waals surface area contributed by atoms with Crippen molar-refractivity contribution in [1.29, 1.82) is 0 Å². The predicted octanol–water partition coefficient (Wildman–Crippen LogP) is 6.24. The van der Waals surface area contributed by atoms with E-state index in [1.807, 2.05) is 66.4 Å². The Balaban J connectivity index is 0.000000318. The number of hydrogen-bond donors (Lipinski definition) is 1. The number of carbonyl (C=O) groups is 2. The predicted molar refractivity (Wildman–Crippen MR) is 131 cm³/mol. The first-order valence-electron chi connectivity index (χ1n) is 11.8. The van der Waals surface area contributed by atoms with Crippen molar-refractivity contribution >= 4 is 34.9 Å². The molecule has 3 atom stereocenters. The molecule has 4 nitrogen and oxygen atoms in total. The normalized spacial score (nSPS) is 23.4. The summed E-state index contributed by atoms with van der Waals surface area (Å²) >= 11 is 11.6. The number of amides is 1. The van der Waals surface area contributed by atoms with Gasteiger partial charge >= 0.3 is 0 Å². The van der Waals surface area contributed by atoms with Crippen molar-refractivity contribution < 1.29 is 14.7 Å². The van der Waals surface area contributed by atoms with Crippen LogP contribution in [0.25, 0.3) is 0 Å². The van der Waals surface area contributed by atoms with E-state index in [1.54, 1.807) is 0 Å². The smallest absolute Gasteiger partial charge is 0.230 e. The van der Waals surface area contributed by atoms with Crippen LogP contribution in [0.3, 0.4) is 0 Å². The molecule has 1 spiro atoms. The van der Waals surface area contributed by atoms with Gasteiger partial charge in [0.15, 0.2) is 0 Å². The van der Waals surface area contributed by atoms with E-state index in [1.165, 1.54) is 0 Å². The van der Waals surface area contributed by atoms with Crippen LogP contribution in [0, 0.1) is 11.3 Å². The standard InChI is InChI=1S/C21H26ClNO3.C6H5Cl/c1-2-17(19(25)14-3-4-14)23-18(13-5-7-15(22)8-6-13)9-10-21(20(23)26)11-16(24)12-21;7-6-4-2-1-3-5-6/h5-8,14,17-19,25H,2-4,9-12H2,1H3;1-5H. The number of rotatable bonds is 5. The molecule has 1 N–H and O–H groups in total. The quantitative estimate of drug-likeness (QED) is 0.542. The molecule has 2 aromatic carbocycles. The summed E-state index contributed by atoms with van der Waals surface area (Å²) in [4.78, 5) is 27.1. The van der Waals surface area contributed by atoms with Crippen LogP contribution < -0.4 is 0 Å². The van der Waals surface area contributed by atoms with Crippen LogP contribution in [-0.4, -0.2) is 33.8 Å². The van der Waals surface area contributed by atoms with Crippen LogP contribution in [0.4, 0.5) is 0 Å². The van der Waals surface area contributed by atoms with Crippen molar-refractivity contribution in [2.24, 2.45) is 11.3 Å². The number of carbonyl (C=O) groups excluding carboxylic acids is 2. The largest absolute Gasteiger partial charge is 0.391 e. The zero-order valence-corrected chi connectivity index (χ0v) is 20.4. The molecule has 2 aromatic rings. The molecular formula is C27H31Cl2NO3. The molecule has 33 heavy (non-hydrogen) atoms. The van der Waals surface area contributed by atoms with E-state index in [4.69, 9.17) is 23.2 Å². The average molecular weight is 488 g/mol. The Kier molecular flexibility index (Phi) is 7.47. The summed E-state index contributed by atoms with van der Waals surface area (Å²) in [6.07, 6.45) is 4.62. The van der Waals surface area contributed by atoms with Crippen molar-refractivity contribution in [3.63, 3.8) is 0 Å². The molecule has 1 amide bonds. The number of nitrogens with zero attached hydrogens (tertiary/aromatic N) is 1. The Morgan fingerprint density at radius 1 is 0.970 bits per heavy atom. The van der Waals surface area contributed by atoms with Gasteiger partial charge in [0, 0.05) is 22.9 Å². The van der Waals surface area contributed by atoms with Crippen molar-refractivity contribution in [3.05, 3.63) is 70.2 Å². The van der Waals surface area contributed by atoms with Gasteiger partial charge in [-0.25, -0.2) is 0 Å². The second-order valence-electron chi connectivity index (χ2n) is 9.59. The van der Waals surface area contributed by atoms with Crippen molar-refractivity contribution in [3.8, 4) is 0 Å². The lowest BCUT2D eigenvalue weighted by atomic mass is 9.61. The maximum Gasteiger partial charge on any atom is 0.230 e. The van der Waals surface area contributed by atoms with E-state index >= 15 is 0 Å². The fraction of sp³-hybridized carbons (Fsp3) is 0.481. The van der Waals surface area contributed by atoms with Crippen LogP contribution >= 0.6 is 23.2 Å². The Hall–Kier alpha value is -1.88. The highest BCUT2D eigenvalue weighted by Crippen LogP contribution is 2.52. The molecule has 3 fully saturated rings. The lowest BCUT2D eigenvalue weighted by Crippen LogP contribution is -2.60. The number of benzene rings is 2. The first kappa shape index (κ1) is 24.3. The number of halogens is 2. The lowest BCUT2D eigenvalue weighted by Gasteiger charge is -2.53. The molecule has 0 aromatic heterocycles. The van der Waals surface area contributed by atoms with Crippen LogP contribution in [0.5, 0.6) is 0 Å². The maximum absolute atomic E-state index is 13.5. The van der Waals surface area contributed by atoms with Gasteiger partial charge in [-0.3, -0.25) is 9.59 Å². The van der Waals surface area contributed by atoms with E-state index in [0.29, 0.717) is 23.8 Å². The third-order valence-corrected chi connectivity index (χ3v) is 7.76. The molecule has 0 bridgehead atoms. The summed E-state index contributed by atoms with van der Waals surface area (Å²) in [7, 11) is 0. The summed E-state index contributed by atoms with van der Waals surface area (Å²) in [5.41, 5.74) is 0.543. The molecule has 2 saturated carbocycles. The minimum Gasteiger partial charge on any atom is -0.391 e. The minimum atomic E-state index is -0.517. The highest BCUT2D eigenvalue weighted by Gasteiger charge is 2.57. The first-order chi connectivity index (χ1) is 15.8. The van der Waals surface area contributed by atoms with Gasteiger partial charge in [-0.05, 0) is 67.9 Å². The van der Waals surface area contributed by atoms with E-state index in [9.17, 15) is 14.7 Å². The van der Waals surface area contributed by atoms with Crippen LogP contribution in [0.15, 0.2) is 54.6 Å². The summed E-state index contributed by atoms with van der Waals surface area (Å²) in [6.45, 7) is 2.04. The molecule has 2 aliphatic carbocycles. The van der Waals surface area contributed by atoms with Gasteiger partial charge in [-0.2, -0.15) is 0 Å². The number of piperidine rings is 1. The Morgan fingerprint density at radius 2 is 1.58 bits per heavy atom. The number of Topliss-reactive ketones (excluding diaryl/α,β-unsaturated/α-hetero) is 1. The number of ketones is 1. The third-order valence-electron chi connectivity index (χ3n) is 7.25. The lowest BCUT2D eigenvalue weighted by molar-refractivity contribution is -0.169. The van der Waals surface area contributed by atoms with Gasteiger partial charge in [0.2, 0.25) is 5.91 Å². The monoisotopic (exact) mass is 487 g/mol. The molecule has 5 rings (SSSR count). The number of aliphatic hydroxyl groups excluding tert-OH is 1. The Labute approximate surface area is 205 Å². The molecule has 176 valence electrons. The number of hydrogen-bond acceptors (Lipinski definition) is 3. The summed E-state index contributed by atoms with van der Waals surface area (Å²) in [6, 6.07) is 16.9. The van der Waals surface area contributed by atoms with Gasteiger partial charge < -0.3 is 10.0 Å². The molecule has 0 radical (unpaired) electrons. The van der Waals surface area contributed by atoms with Gasteiger partial charge in [-0.1, -0.05) is 60.5 Å². The van der Waals surface area contributed by atoms with Gasteiger partial charge in [-0.15, -0.1) is 0 Å². The molecule has 1 saturated heterocycles. The Morgan fingerprint density at radius 3 is 2.06 bits per heavy atom. The van der Waals surface area contributed by atoms with E-state index in [2.05, 4.69) is 0 Å². The summed E-state index contributed by atoms with van der Waals surface area (Å²) in [5, 5.41) is 12.3.